The van der Waals surface area contributed by atoms with Gasteiger partial charge in [-0.25, -0.2) is 0 Å². The molecule has 1 atom stereocenters. The summed E-state index contributed by atoms with van der Waals surface area (Å²) in [5.41, 5.74) is 1.12. The third kappa shape index (κ3) is 4.80. The molecule has 1 unspecified atom stereocenters. The highest BCUT2D eigenvalue weighted by atomic mass is 79.9. The van der Waals surface area contributed by atoms with Gasteiger partial charge in [-0.15, -0.1) is 0 Å². The van der Waals surface area contributed by atoms with Crippen molar-refractivity contribution in [2.24, 2.45) is 5.92 Å². The molecule has 5 heteroatoms. The second-order valence-corrected chi connectivity index (χ2v) is 6.60. The Labute approximate surface area is 134 Å². The van der Waals surface area contributed by atoms with Gasteiger partial charge in [0, 0.05) is 31.2 Å². The van der Waals surface area contributed by atoms with Gasteiger partial charge in [0.05, 0.1) is 6.54 Å². The van der Waals surface area contributed by atoms with Crippen molar-refractivity contribution in [3.63, 3.8) is 0 Å². The molecule has 1 aliphatic heterocycles. The highest BCUT2D eigenvalue weighted by Crippen LogP contribution is 2.20. The summed E-state index contributed by atoms with van der Waals surface area (Å²) in [5.74, 6) is 0.687. The van der Waals surface area contributed by atoms with Crippen LogP contribution >= 0.6 is 15.9 Å². The van der Waals surface area contributed by atoms with Crippen LogP contribution in [0.15, 0.2) is 28.7 Å². The Balaban J connectivity index is 1.82. The molecule has 1 N–H and O–H groups in total. The average Bonchev–Trinajstić information content (AvgIpc) is 2.89. The average molecular weight is 355 g/mol. The van der Waals surface area contributed by atoms with E-state index in [4.69, 9.17) is 5.11 Å². The van der Waals surface area contributed by atoms with Crippen molar-refractivity contribution in [2.45, 2.75) is 19.4 Å². The van der Waals surface area contributed by atoms with Gasteiger partial charge in [0.25, 0.3) is 0 Å². The first-order chi connectivity index (χ1) is 10.1. The van der Waals surface area contributed by atoms with Crippen molar-refractivity contribution in [2.75, 3.05) is 33.3 Å². The normalized spacial score (nSPS) is 18.9. The molecule has 1 saturated heterocycles. The number of aliphatic hydroxyl groups excluding tert-OH is 1. The summed E-state index contributed by atoms with van der Waals surface area (Å²) in [6.07, 6.45) is 1.93. The zero-order valence-electron chi connectivity index (χ0n) is 12.5. The lowest BCUT2D eigenvalue weighted by molar-refractivity contribution is -0.131. The van der Waals surface area contributed by atoms with Crippen LogP contribution < -0.4 is 0 Å². The number of hydrogen-bond acceptors (Lipinski definition) is 3. The minimum Gasteiger partial charge on any atom is -0.396 e. The summed E-state index contributed by atoms with van der Waals surface area (Å²) in [7, 11) is 1.85. The molecule has 1 fully saturated rings. The Morgan fingerprint density at radius 2 is 2.24 bits per heavy atom. The highest BCUT2D eigenvalue weighted by Gasteiger charge is 2.24. The number of aliphatic hydroxyl groups is 1. The van der Waals surface area contributed by atoms with Crippen molar-refractivity contribution >= 4 is 21.8 Å². The van der Waals surface area contributed by atoms with Gasteiger partial charge in [0.2, 0.25) is 5.91 Å². The number of likely N-dealkylation sites (N-methyl/N-ethyl adjacent to an activating group) is 1. The predicted molar refractivity (Wildman–Crippen MR) is 86.9 cm³/mol. The number of amides is 1. The number of hydrogen-bond donors (Lipinski definition) is 1. The van der Waals surface area contributed by atoms with Gasteiger partial charge in [0.15, 0.2) is 0 Å². The second kappa shape index (κ2) is 7.92. The van der Waals surface area contributed by atoms with E-state index in [1.165, 1.54) is 0 Å². The molecule has 0 spiro atoms. The molecule has 0 aliphatic carbocycles. The summed E-state index contributed by atoms with van der Waals surface area (Å²) in [6, 6.07) is 7.98. The molecule has 1 heterocycles. The van der Waals surface area contributed by atoms with Gasteiger partial charge in [-0.1, -0.05) is 34.1 Å². The van der Waals surface area contributed by atoms with Gasteiger partial charge in [-0.05, 0) is 36.9 Å². The van der Waals surface area contributed by atoms with Crippen molar-refractivity contribution in [1.29, 1.82) is 0 Å². The molecule has 2 rings (SSSR count). The molecule has 0 aromatic heterocycles. The van der Waals surface area contributed by atoms with E-state index in [2.05, 4.69) is 20.8 Å². The predicted octanol–water partition coefficient (Wildman–Crippen LogP) is 2.11. The molecular weight excluding hydrogens is 332 g/mol. The van der Waals surface area contributed by atoms with Crippen molar-refractivity contribution in [1.82, 2.24) is 9.80 Å². The Morgan fingerprint density at radius 3 is 2.95 bits per heavy atom. The van der Waals surface area contributed by atoms with Crippen molar-refractivity contribution in [3.8, 4) is 0 Å². The fourth-order valence-corrected chi connectivity index (χ4v) is 3.17. The minimum absolute atomic E-state index is 0.149. The maximum atomic E-state index is 12.3. The maximum absolute atomic E-state index is 12.3. The van der Waals surface area contributed by atoms with E-state index in [9.17, 15) is 4.79 Å². The van der Waals surface area contributed by atoms with E-state index in [0.29, 0.717) is 19.0 Å². The standard InChI is InChI=1S/C16H23BrN2O2/c1-18(11-14-4-2-3-5-15(14)17)16(21)12-19-8-6-13(10-19)7-9-20/h2-5,13,20H,6-12H2,1H3. The Morgan fingerprint density at radius 1 is 1.48 bits per heavy atom. The number of rotatable bonds is 6. The highest BCUT2D eigenvalue weighted by molar-refractivity contribution is 9.10. The summed E-state index contributed by atoms with van der Waals surface area (Å²) in [4.78, 5) is 16.3. The number of likely N-dealkylation sites (tertiary alicyclic amines) is 1. The number of carbonyl (C=O) groups is 1. The smallest absolute Gasteiger partial charge is 0.236 e. The molecule has 21 heavy (non-hydrogen) atoms. The Bertz CT molecular complexity index is 481. The number of halogens is 1. The lowest BCUT2D eigenvalue weighted by atomic mass is 10.1. The molecule has 0 radical (unpaired) electrons. The number of benzene rings is 1. The van der Waals surface area contributed by atoms with Crippen LogP contribution in [0.25, 0.3) is 0 Å². The fraction of sp³-hybridized carbons (Fsp3) is 0.562. The second-order valence-electron chi connectivity index (χ2n) is 5.74. The van der Waals surface area contributed by atoms with Crippen LogP contribution in [-0.2, 0) is 11.3 Å². The SMILES string of the molecule is CN(Cc1ccccc1Br)C(=O)CN1CCC(CCO)C1. The van der Waals surface area contributed by atoms with E-state index < -0.39 is 0 Å². The van der Waals surface area contributed by atoms with Crippen LogP contribution in [0, 0.1) is 5.92 Å². The third-order valence-corrected chi connectivity index (χ3v) is 4.83. The molecule has 0 saturated carbocycles. The van der Waals surface area contributed by atoms with E-state index in [0.717, 1.165) is 36.0 Å². The molecule has 1 aromatic carbocycles. The van der Waals surface area contributed by atoms with Crippen molar-refractivity contribution in [3.05, 3.63) is 34.3 Å². The van der Waals surface area contributed by atoms with Gasteiger partial charge < -0.3 is 10.0 Å². The van der Waals surface area contributed by atoms with Crippen LogP contribution in [0.3, 0.4) is 0 Å². The molecule has 4 nitrogen and oxygen atoms in total. The van der Waals surface area contributed by atoms with E-state index >= 15 is 0 Å². The lowest BCUT2D eigenvalue weighted by Gasteiger charge is -2.22. The van der Waals surface area contributed by atoms with Crippen LogP contribution in [0.2, 0.25) is 0 Å². The molecule has 1 aromatic rings. The third-order valence-electron chi connectivity index (χ3n) is 4.06. The van der Waals surface area contributed by atoms with Gasteiger partial charge in [-0.3, -0.25) is 9.69 Å². The summed E-state index contributed by atoms with van der Waals surface area (Å²) >= 11 is 3.52. The molecule has 0 bridgehead atoms. The van der Waals surface area contributed by atoms with Crippen molar-refractivity contribution < 1.29 is 9.90 Å². The summed E-state index contributed by atoms with van der Waals surface area (Å²) in [6.45, 7) is 3.22. The van der Waals surface area contributed by atoms with E-state index in [1.807, 2.05) is 31.3 Å². The van der Waals surface area contributed by atoms with E-state index in [-0.39, 0.29) is 12.5 Å². The van der Waals surface area contributed by atoms with Crippen LogP contribution in [0.4, 0.5) is 0 Å². The molecule has 1 aliphatic rings. The quantitative estimate of drug-likeness (QED) is 0.850. The Kier molecular flexibility index (Phi) is 6.21. The van der Waals surface area contributed by atoms with Gasteiger partial charge in [0.1, 0.15) is 0 Å². The first-order valence-electron chi connectivity index (χ1n) is 7.40. The fourth-order valence-electron chi connectivity index (χ4n) is 2.76. The number of nitrogens with zero attached hydrogens (tertiary/aromatic N) is 2. The zero-order valence-corrected chi connectivity index (χ0v) is 14.1. The summed E-state index contributed by atoms with van der Waals surface area (Å²) in [5, 5.41) is 8.98. The maximum Gasteiger partial charge on any atom is 0.236 e. The Hall–Kier alpha value is -0.910. The molecular formula is C16H23BrN2O2. The molecule has 1 amide bonds. The van der Waals surface area contributed by atoms with Gasteiger partial charge >= 0.3 is 0 Å². The number of carbonyl (C=O) groups excluding carboxylic acids is 1. The molecule has 116 valence electrons. The van der Waals surface area contributed by atoms with E-state index in [1.54, 1.807) is 4.90 Å². The van der Waals surface area contributed by atoms with Gasteiger partial charge in [-0.2, -0.15) is 0 Å². The zero-order chi connectivity index (χ0) is 15.2. The van der Waals surface area contributed by atoms with Crippen LogP contribution in [0.5, 0.6) is 0 Å². The lowest BCUT2D eigenvalue weighted by Crippen LogP contribution is -2.37. The van der Waals surface area contributed by atoms with Crippen LogP contribution in [-0.4, -0.2) is 54.1 Å². The van der Waals surface area contributed by atoms with Crippen LogP contribution in [0.1, 0.15) is 18.4 Å². The largest absolute Gasteiger partial charge is 0.396 e. The minimum atomic E-state index is 0.149. The summed E-state index contributed by atoms with van der Waals surface area (Å²) < 4.78 is 1.04. The first kappa shape index (κ1) is 16.5. The first-order valence-corrected chi connectivity index (χ1v) is 8.20. The monoisotopic (exact) mass is 354 g/mol. The topological polar surface area (TPSA) is 43.8 Å².